The Morgan fingerprint density at radius 2 is 1.33 bits per heavy atom. The third-order valence-corrected chi connectivity index (χ3v) is 6.83. The van der Waals surface area contributed by atoms with E-state index in [4.69, 9.17) is 14.2 Å². The Morgan fingerprint density at radius 1 is 0.769 bits per heavy atom. The summed E-state index contributed by atoms with van der Waals surface area (Å²) in [5.74, 6) is 2.30. The molecule has 4 aromatic rings. The number of nitrogens with zero attached hydrogens (tertiary/aromatic N) is 2. The van der Waals surface area contributed by atoms with Crippen molar-refractivity contribution < 1.29 is 14.2 Å². The Bertz CT molecular complexity index is 1190. The summed E-state index contributed by atoms with van der Waals surface area (Å²) in [7, 11) is 3.44. The first-order chi connectivity index (χ1) is 19.0. The van der Waals surface area contributed by atoms with Crippen LogP contribution < -0.4 is 20.4 Å². The summed E-state index contributed by atoms with van der Waals surface area (Å²) in [6.07, 6.45) is 6.16. The van der Waals surface area contributed by atoms with Gasteiger partial charge in [0.05, 0.1) is 26.7 Å². The van der Waals surface area contributed by atoms with Crippen LogP contribution in [0.4, 0.5) is 0 Å². The minimum atomic E-state index is 0.231. The Kier molecular flexibility index (Phi) is 12.2. The number of para-hydroxylation sites is 2. The van der Waals surface area contributed by atoms with E-state index in [1.54, 1.807) is 14.2 Å². The zero-order chi connectivity index (χ0) is 28.0. The molecule has 0 amide bonds. The summed E-state index contributed by atoms with van der Waals surface area (Å²) in [5.41, 5.74) is 5.05. The molecule has 0 radical (unpaired) electrons. The van der Waals surface area contributed by atoms with Crippen LogP contribution in [0.15, 0.2) is 91.4 Å². The highest BCUT2D eigenvalue weighted by atomic mass is 16.5. The number of methoxy groups -OCH3 is 2. The number of aromatic nitrogens is 2. The summed E-state index contributed by atoms with van der Waals surface area (Å²) in [4.78, 5) is 4.26. The van der Waals surface area contributed by atoms with Gasteiger partial charge in [0.25, 0.3) is 0 Å². The van der Waals surface area contributed by atoms with E-state index in [1.807, 2.05) is 43.7 Å². The molecule has 0 saturated carbocycles. The number of benzene rings is 3. The van der Waals surface area contributed by atoms with Crippen molar-refractivity contribution in [3.63, 3.8) is 0 Å². The molecular weight excluding hydrogens is 483 g/mol. The normalized spacial score (nSPS) is 11.5. The second-order valence-corrected chi connectivity index (χ2v) is 9.99. The van der Waals surface area contributed by atoms with Gasteiger partial charge >= 0.3 is 0 Å². The highest BCUT2D eigenvalue weighted by Crippen LogP contribution is 2.19. The fourth-order valence-corrected chi connectivity index (χ4v) is 4.98. The summed E-state index contributed by atoms with van der Waals surface area (Å²) in [5, 5.41) is 0. The summed E-state index contributed by atoms with van der Waals surface area (Å²) in [6.45, 7) is 10.5. The molecule has 1 heterocycles. The first kappa shape index (κ1) is 30.0. The van der Waals surface area contributed by atoms with Crippen molar-refractivity contribution >= 4 is 17.6 Å². The van der Waals surface area contributed by atoms with Gasteiger partial charge in [-0.1, -0.05) is 86.4 Å². The van der Waals surface area contributed by atoms with Crippen LogP contribution in [0, 0.1) is 0 Å². The van der Waals surface area contributed by atoms with E-state index < -0.39 is 0 Å². The van der Waals surface area contributed by atoms with Crippen LogP contribution >= 0.6 is 0 Å². The van der Waals surface area contributed by atoms with Crippen LogP contribution in [0.5, 0.6) is 11.5 Å². The first-order valence-corrected chi connectivity index (χ1v) is 13.9. The van der Waals surface area contributed by atoms with E-state index in [2.05, 4.69) is 84.9 Å². The van der Waals surface area contributed by atoms with Crippen LogP contribution in [0.25, 0.3) is 0 Å². The molecule has 0 aliphatic carbocycles. The van der Waals surface area contributed by atoms with Gasteiger partial charge in [0.2, 0.25) is 6.71 Å². The zero-order valence-electron chi connectivity index (χ0n) is 24.3. The summed E-state index contributed by atoms with van der Waals surface area (Å²) in [6, 6.07) is 27.0. The predicted octanol–water partition coefficient (Wildman–Crippen LogP) is 5.82. The van der Waals surface area contributed by atoms with Gasteiger partial charge in [0.1, 0.15) is 11.5 Å². The molecule has 0 aliphatic rings. The van der Waals surface area contributed by atoms with E-state index in [1.165, 1.54) is 22.2 Å². The molecule has 1 unspecified atom stereocenters. The number of ether oxygens (including phenoxy) is 3. The van der Waals surface area contributed by atoms with E-state index in [9.17, 15) is 0 Å². The number of aryl methyl sites for hydroxylation is 2. The van der Waals surface area contributed by atoms with Gasteiger partial charge in [0, 0.05) is 25.0 Å². The van der Waals surface area contributed by atoms with Gasteiger partial charge in [-0.2, -0.15) is 0 Å². The summed E-state index contributed by atoms with van der Waals surface area (Å²) >= 11 is 0. The molecule has 0 saturated heterocycles. The smallest absolute Gasteiger partial charge is 0.221 e. The molecule has 5 nitrogen and oxygen atoms in total. The fourth-order valence-electron chi connectivity index (χ4n) is 4.98. The van der Waals surface area contributed by atoms with Crippen molar-refractivity contribution in [1.82, 2.24) is 9.55 Å². The maximum Gasteiger partial charge on any atom is 0.221 e. The lowest BCUT2D eigenvalue weighted by atomic mass is 9.34. The van der Waals surface area contributed by atoms with Crippen molar-refractivity contribution in [2.75, 3.05) is 20.8 Å². The minimum absolute atomic E-state index is 0.231. The number of hydrogen-bond acceptors (Lipinski definition) is 4. The van der Waals surface area contributed by atoms with Crippen LogP contribution in [-0.2, 0) is 24.1 Å². The third kappa shape index (κ3) is 8.76. The molecule has 0 spiro atoms. The largest absolute Gasteiger partial charge is 0.497 e. The van der Waals surface area contributed by atoms with Gasteiger partial charge in [-0.05, 0) is 55.3 Å². The quantitative estimate of drug-likeness (QED) is 0.219. The molecule has 206 valence electrons. The predicted molar refractivity (Wildman–Crippen MR) is 163 cm³/mol. The van der Waals surface area contributed by atoms with Crippen molar-refractivity contribution in [2.45, 2.75) is 59.0 Å². The topological polar surface area (TPSA) is 45.5 Å². The van der Waals surface area contributed by atoms with Crippen molar-refractivity contribution in [3.8, 4) is 11.5 Å². The SMILES string of the molecule is CCOC(C)Cn1cncc1CCc1ccccc1.COc1ccccc1B(c1ccccc1OC)C(C)C. The molecule has 0 N–H and O–H groups in total. The molecule has 39 heavy (non-hydrogen) atoms. The number of hydrogen-bond donors (Lipinski definition) is 0. The summed E-state index contributed by atoms with van der Waals surface area (Å²) < 4.78 is 18.8. The van der Waals surface area contributed by atoms with E-state index in [0.29, 0.717) is 5.82 Å². The van der Waals surface area contributed by atoms with Gasteiger partial charge < -0.3 is 18.8 Å². The molecule has 1 aromatic heterocycles. The zero-order valence-corrected chi connectivity index (χ0v) is 24.3. The van der Waals surface area contributed by atoms with Crippen LogP contribution in [0.2, 0.25) is 5.82 Å². The lowest BCUT2D eigenvalue weighted by Crippen LogP contribution is -2.45. The van der Waals surface area contributed by atoms with Gasteiger partial charge in [-0.3, -0.25) is 0 Å². The standard InChI is InChI=1S/C17H21BO2.C16H22N2O/c1-13(2)18(14-9-5-7-11-16(14)19-3)15-10-6-8-12-17(15)20-4;1-3-19-14(2)12-18-13-17-11-16(18)10-9-15-7-5-4-6-8-15/h5-13H,1-4H3;4-8,11,13-14H,3,9-10,12H2,1-2H3. The van der Waals surface area contributed by atoms with Crippen LogP contribution in [0.3, 0.4) is 0 Å². The fraction of sp³-hybridized carbons (Fsp3) is 0.364. The third-order valence-electron chi connectivity index (χ3n) is 6.83. The first-order valence-electron chi connectivity index (χ1n) is 13.9. The molecule has 3 aromatic carbocycles. The lowest BCUT2D eigenvalue weighted by molar-refractivity contribution is 0.0635. The molecule has 1 atom stereocenters. The maximum absolute atomic E-state index is 5.58. The molecule has 6 heteroatoms. The molecule has 0 fully saturated rings. The number of imidazole rings is 1. The lowest BCUT2D eigenvalue weighted by Gasteiger charge is -2.22. The van der Waals surface area contributed by atoms with Crippen LogP contribution in [-0.4, -0.2) is 43.2 Å². The van der Waals surface area contributed by atoms with Gasteiger partial charge in [-0.15, -0.1) is 0 Å². The second kappa shape index (κ2) is 15.8. The Labute approximate surface area is 235 Å². The van der Waals surface area contributed by atoms with E-state index in [0.717, 1.165) is 37.5 Å². The number of rotatable bonds is 12. The van der Waals surface area contributed by atoms with E-state index in [-0.39, 0.29) is 12.8 Å². The van der Waals surface area contributed by atoms with Crippen molar-refractivity contribution in [2.24, 2.45) is 0 Å². The van der Waals surface area contributed by atoms with Gasteiger partial charge in [0.15, 0.2) is 0 Å². The van der Waals surface area contributed by atoms with Crippen LogP contribution in [0.1, 0.15) is 39.0 Å². The maximum atomic E-state index is 5.58. The second-order valence-electron chi connectivity index (χ2n) is 9.99. The van der Waals surface area contributed by atoms with Crippen molar-refractivity contribution in [1.29, 1.82) is 0 Å². The molecular formula is C33H43BN2O3. The Balaban J connectivity index is 0.000000216. The molecule has 4 rings (SSSR count). The van der Waals surface area contributed by atoms with Gasteiger partial charge in [-0.25, -0.2) is 4.98 Å². The Hall–Kier alpha value is -3.51. The van der Waals surface area contributed by atoms with Crippen molar-refractivity contribution in [3.05, 3.63) is 103 Å². The average Bonchev–Trinajstić information content (AvgIpc) is 3.40. The minimum Gasteiger partial charge on any atom is -0.497 e. The Morgan fingerprint density at radius 3 is 1.87 bits per heavy atom. The van der Waals surface area contributed by atoms with E-state index >= 15 is 0 Å². The molecule has 0 aliphatic heterocycles. The highest BCUT2D eigenvalue weighted by Gasteiger charge is 2.28. The molecule has 0 bridgehead atoms. The average molecular weight is 527 g/mol. The monoisotopic (exact) mass is 526 g/mol. The highest BCUT2D eigenvalue weighted by molar-refractivity contribution is 6.87.